The zero-order chi connectivity index (χ0) is 13.1. The van der Waals surface area contributed by atoms with Gasteiger partial charge in [-0.1, -0.05) is 11.6 Å². The number of rotatable bonds is 3. The smallest absolute Gasteiger partial charge is 0.273 e. The Balaban J connectivity index is 2.26. The third-order valence-corrected chi connectivity index (χ3v) is 2.45. The van der Waals surface area contributed by atoms with Crippen LogP contribution < -0.4 is 16.0 Å². The van der Waals surface area contributed by atoms with E-state index in [2.05, 4.69) is 9.97 Å². The van der Waals surface area contributed by atoms with Crippen LogP contribution in [0.2, 0.25) is 5.02 Å². The molecule has 0 radical (unpaired) electrons. The summed E-state index contributed by atoms with van der Waals surface area (Å²) in [6, 6.07) is 6.05. The highest BCUT2D eigenvalue weighted by Gasteiger charge is 2.08. The number of ether oxygens (including phenoxy) is 1. The average molecular weight is 266 g/mol. The van der Waals surface area contributed by atoms with E-state index in [1.165, 1.54) is 30.6 Å². The van der Waals surface area contributed by atoms with E-state index in [9.17, 15) is 9.59 Å². The zero-order valence-corrected chi connectivity index (χ0v) is 9.77. The maximum atomic E-state index is 11.2. The summed E-state index contributed by atoms with van der Waals surface area (Å²) in [6.07, 6.45) is 1.18. The standard InChI is InChI=1S/C11H8ClN3O3/c12-8-10(17)14-5-15-11(8)18-7-3-1-6(2-4-7)9(13)16/h1-5H,(H2,13,16)(H,14,15,17). The van der Waals surface area contributed by atoms with Gasteiger partial charge < -0.3 is 15.5 Å². The van der Waals surface area contributed by atoms with Crippen LogP contribution in [0.3, 0.4) is 0 Å². The Kier molecular flexibility index (Phi) is 3.29. The molecule has 2 rings (SSSR count). The van der Waals surface area contributed by atoms with Gasteiger partial charge in [0.05, 0.1) is 6.33 Å². The summed E-state index contributed by atoms with van der Waals surface area (Å²) in [7, 11) is 0. The number of aromatic amines is 1. The van der Waals surface area contributed by atoms with Crippen molar-refractivity contribution in [1.29, 1.82) is 0 Å². The molecule has 3 N–H and O–H groups in total. The first-order chi connectivity index (χ1) is 8.58. The number of nitrogens with one attached hydrogen (secondary N) is 1. The second-order valence-electron chi connectivity index (χ2n) is 3.34. The van der Waals surface area contributed by atoms with E-state index < -0.39 is 11.5 Å². The Morgan fingerprint density at radius 1 is 1.33 bits per heavy atom. The molecule has 0 saturated carbocycles. The number of primary amides is 1. The molecule has 0 aliphatic heterocycles. The predicted molar refractivity (Wildman–Crippen MR) is 64.9 cm³/mol. The molecule has 0 spiro atoms. The summed E-state index contributed by atoms with van der Waals surface area (Å²) in [4.78, 5) is 28.2. The first-order valence-corrected chi connectivity index (χ1v) is 5.26. The third-order valence-electron chi connectivity index (χ3n) is 2.12. The van der Waals surface area contributed by atoms with Gasteiger partial charge in [0, 0.05) is 5.56 Å². The van der Waals surface area contributed by atoms with Gasteiger partial charge in [-0.25, -0.2) is 4.98 Å². The maximum Gasteiger partial charge on any atom is 0.273 e. The number of amides is 1. The molecule has 1 amide bonds. The van der Waals surface area contributed by atoms with Crippen LogP contribution in [0.4, 0.5) is 0 Å². The van der Waals surface area contributed by atoms with Crippen molar-refractivity contribution in [2.45, 2.75) is 0 Å². The van der Waals surface area contributed by atoms with E-state index in [0.29, 0.717) is 11.3 Å². The van der Waals surface area contributed by atoms with Crippen molar-refractivity contribution in [3.8, 4) is 11.6 Å². The number of benzene rings is 1. The summed E-state index contributed by atoms with van der Waals surface area (Å²) >= 11 is 5.72. The molecule has 0 atom stereocenters. The summed E-state index contributed by atoms with van der Waals surface area (Å²) in [5.41, 5.74) is 4.97. The quantitative estimate of drug-likeness (QED) is 0.874. The molecule has 0 unspecified atom stereocenters. The van der Waals surface area contributed by atoms with Crippen LogP contribution in [-0.2, 0) is 0 Å². The lowest BCUT2D eigenvalue weighted by Gasteiger charge is -2.05. The van der Waals surface area contributed by atoms with Crippen LogP contribution in [0, 0.1) is 0 Å². The SMILES string of the molecule is NC(=O)c1ccc(Oc2nc[nH]c(=O)c2Cl)cc1. The lowest BCUT2D eigenvalue weighted by atomic mass is 10.2. The van der Waals surface area contributed by atoms with Gasteiger partial charge in [0.15, 0.2) is 5.02 Å². The number of aromatic nitrogens is 2. The summed E-state index contributed by atoms with van der Waals surface area (Å²) in [6.45, 7) is 0. The average Bonchev–Trinajstić information content (AvgIpc) is 2.36. The van der Waals surface area contributed by atoms with Crippen molar-refractivity contribution in [3.63, 3.8) is 0 Å². The number of hydrogen-bond donors (Lipinski definition) is 2. The molecule has 0 bridgehead atoms. The number of H-pyrrole nitrogens is 1. The fourth-order valence-electron chi connectivity index (χ4n) is 1.24. The molecule has 0 aliphatic rings. The number of carbonyl (C=O) groups is 1. The predicted octanol–water partition coefficient (Wildman–Crippen LogP) is 1.31. The molecule has 7 heteroatoms. The summed E-state index contributed by atoms with van der Waals surface area (Å²) in [5.74, 6) is -0.152. The van der Waals surface area contributed by atoms with Crippen molar-refractivity contribution in [2.24, 2.45) is 5.73 Å². The molecular weight excluding hydrogens is 258 g/mol. The molecule has 1 aromatic carbocycles. The van der Waals surface area contributed by atoms with Crippen molar-refractivity contribution >= 4 is 17.5 Å². The number of halogens is 1. The highest BCUT2D eigenvalue weighted by atomic mass is 35.5. The molecule has 2 aromatic rings. The molecule has 92 valence electrons. The highest BCUT2D eigenvalue weighted by Crippen LogP contribution is 2.23. The fraction of sp³-hybridized carbons (Fsp3) is 0. The van der Waals surface area contributed by atoms with Crippen LogP contribution in [-0.4, -0.2) is 15.9 Å². The van der Waals surface area contributed by atoms with E-state index in [4.69, 9.17) is 22.1 Å². The Hall–Kier alpha value is -2.34. The molecule has 0 aliphatic carbocycles. The minimum Gasteiger partial charge on any atom is -0.437 e. The Labute approximate surface area is 106 Å². The number of nitrogens with two attached hydrogens (primary N) is 1. The largest absolute Gasteiger partial charge is 0.437 e. The molecule has 18 heavy (non-hydrogen) atoms. The second-order valence-corrected chi connectivity index (χ2v) is 3.72. The van der Waals surface area contributed by atoms with Crippen LogP contribution in [0.25, 0.3) is 0 Å². The Bertz CT molecular complexity index is 637. The van der Waals surface area contributed by atoms with Gasteiger partial charge in [0.25, 0.3) is 5.56 Å². The van der Waals surface area contributed by atoms with Crippen molar-refractivity contribution in [2.75, 3.05) is 0 Å². The molecule has 6 nitrogen and oxygen atoms in total. The van der Waals surface area contributed by atoms with Gasteiger partial charge in [0.2, 0.25) is 11.8 Å². The lowest BCUT2D eigenvalue weighted by molar-refractivity contribution is 0.100. The van der Waals surface area contributed by atoms with Crippen molar-refractivity contribution < 1.29 is 9.53 Å². The normalized spacial score (nSPS) is 10.1. The minimum atomic E-state index is -0.533. The Morgan fingerprint density at radius 3 is 2.61 bits per heavy atom. The van der Waals surface area contributed by atoms with Gasteiger partial charge in [-0.3, -0.25) is 9.59 Å². The first kappa shape index (κ1) is 12.1. The number of hydrogen-bond acceptors (Lipinski definition) is 4. The minimum absolute atomic E-state index is 0.00718. The number of carbonyl (C=O) groups excluding carboxylic acids is 1. The van der Waals surface area contributed by atoms with Crippen molar-refractivity contribution in [3.05, 3.63) is 51.5 Å². The van der Waals surface area contributed by atoms with Crippen LogP contribution in [0.15, 0.2) is 35.4 Å². The Morgan fingerprint density at radius 2 is 2.00 bits per heavy atom. The fourth-order valence-corrected chi connectivity index (χ4v) is 1.38. The van der Waals surface area contributed by atoms with Gasteiger partial charge in [0.1, 0.15) is 5.75 Å². The van der Waals surface area contributed by atoms with Gasteiger partial charge >= 0.3 is 0 Å². The van der Waals surface area contributed by atoms with Gasteiger partial charge in [-0.15, -0.1) is 0 Å². The molecule has 1 heterocycles. The van der Waals surface area contributed by atoms with E-state index >= 15 is 0 Å². The molecule has 1 aromatic heterocycles. The van der Waals surface area contributed by atoms with E-state index in [1.54, 1.807) is 0 Å². The monoisotopic (exact) mass is 265 g/mol. The van der Waals surface area contributed by atoms with E-state index in [0.717, 1.165) is 0 Å². The van der Waals surface area contributed by atoms with Gasteiger partial charge in [-0.05, 0) is 24.3 Å². The molecule has 0 saturated heterocycles. The van der Waals surface area contributed by atoms with Crippen LogP contribution in [0.5, 0.6) is 11.6 Å². The second kappa shape index (κ2) is 4.89. The maximum absolute atomic E-state index is 11.2. The third kappa shape index (κ3) is 2.49. The first-order valence-electron chi connectivity index (χ1n) is 4.89. The molecular formula is C11H8ClN3O3. The molecule has 0 fully saturated rings. The van der Waals surface area contributed by atoms with Crippen LogP contribution >= 0.6 is 11.6 Å². The summed E-state index contributed by atoms with van der Waals surface area (Å²) in [5, 5.41) is -0.142. The number of nitrogens with zero attached hydrogens (tertiary/aromatic N) is 1. The van der Waals surface area contributed by atoms with Crippen LogP contribution in [0.1, 0.15) is 10.4 Å². The van der Waals surface area contributed by atoms with Gasteiger partial charge in [-0.2, -0.15) is 0 Å². The van der Waals surface area contributed by atoms with Crippen molar-refractivity contribution in [1.82, 2.24) is 9.97 Å². The lowest BCUT2D eigenvalue weighted by Crippen LogP contribution is -2.10. The topological polar surface area (TPSA) is 98.1 Å². The highest BCUT2D eigenvalue weighted by molar-refractivity contribution is 6.31. The summed E-state index contributed by atoms with van der Waals surface area (Å²) < 4.78 is 5.31. The zero-order valence-electron chi connectivity index (χ0n) is 9.01. The van der Waals surface area contributed by atoms with E-state index in [-0.39, 0.29) is 10.9 Å². The van der Waals surface area contributed by atoms with E-state index in [1.807, 2.05) is 0 Å².